The van der Waals surface area contributed by atoms with Crippen molar-refractivity contribution in [2.24, 2.45) is 0 Å². The van der Waals surface area contributed by atoms with E-state index in [-0.39, 0.29) is 12.5 Å². The lowest BCUT2D eigenvalue weighted by Crippen LogP contribution is -2.28. The van der Waals surface area contributed by atoms with Crippen LogP contribution in [-0.2, 0) is 27.4 Å². The molecule has 2 amide bonds. The van der Waals surface area contributed by atoms with Gasteiger partial charge in [-0.2, -0.15) is 10.1 Å². The van der Waals surface area contributed by atoms with Gasteiger partial charge in [-0.1, -0.05) is 97.1 Å². The summed E-state index contributed by atoms with van der Waals surface area (Å²) >= 11 is 0. The van der Waals surface area contributed by atoms with Crippen LogP contribution >= 0.6 is 0 Å². The highest BCUT2D eigenvalue weighted by atomic mass is 16.5. The smallest absolute Gasteiger partial charge is 0.344 e. The van der Waals surface area contributed by atoms with E-state index in [4.69, 9.17) is 20.6 Å². The number of benzene rings is 4. The molecule has 11 nitrogen and oxygen atoms in total. The molecule has 0 aliphatic carbocycles. The van der Waals surface area contributed by atoms with Crippen LogP contribution in [-0.4, -0.2) is 46.5 Å². The maximum absolute atomic E-state index is 11.6. The Balaban J connectivity index is 0.000000347. The van der Waals surface area contributed by atoms with Crippen molar-refractivity contribution in [3.63, 3.8) is 0 Å². The second kappa shape index (κ2) is 23.2. The Hall–Kier alpha value is -6.37. The molecule has 4 rings (SSSR count). The summed E-state index contributed by atoms with van der Waals surface area (Å²) in [5.41, 5.74) is 10.8. The average molecular weight is 608 g/mol. The van der Waals surface area contributed by atoms with E-state index in [0.29, 0.717) is 24.2 Å². The van der Waals surface area contributed by atoms with Crippen molar-refractivity contribution in [2.45, 2.75) is 20.0 Å². The zero-order chi connectivity index (χ0) is 33.1. The van der Waals surface area contributed by atoms with E-state index in [0.717, 1.165) is 17.3 Å². The molecule has 45 heavy (non-hydrogen) atoms. The third-order valence-corrected chi connectivity index (χ3v) is 5.18. The molecule has 0 bridgehead atoms. The molecular weight excluding hydrogens is 574 g/mol. The van der Waals surface area contributed by atoms with E-state index in [1.54, 1.807) is 60.7 Å². The number of amides is 2. The number of hydrogen-bond acceptors (Lipinski definition) is 6. The van der Waals surface area contributed by atoms with Gasteiger partial charge >= 0.3 is 24.1 Å². The quantitative estimate of drug-likeness (QED) is 0.107. The molecule has 0 fully saturated rings. The number of carbonyl (C=O) groups excluding carboxylic acids is 3. The van der Waals surface area contributed by atoms with Crippen LogP contribution in [0.2, 0.25) is 0 Å². The number of hydrogen-bond donors (Lipinski definition) is 3. The first-order valence-electron chi connectivity index (χ1n) is 13.4. The lowest BCUT2D eigenvalue weighted by molar-refractivity contribution is -0.124. The molecule has 0 unspecified atom stereocenters. The van der Waals surface area contributed by atoms with E-state index < -0.39 is 17.8 Å². The second-order valence-corrected chi connectivity index (χ2v) is 8.55. The van der Waals surface area contributed by atoms with E-state index in [1.807, 2.05) is 66.7 Å². The van der Waals surface area contributed by atoms with Gasteiger partial charge in [0, 0.05) is 20.0 Å². The number of carbonyl (C=O) groups is 4. The summed E-state index contributed by atoms with van der Waals surface area (Å²) in [7, 11) is 0. The normalized spacial score (nSPS) is 8.80. The summed E-state index contributed by atoms with van der Waals surface area (Å²) in [6.45, 7) is 2.01. The first-order valence-corrected chi connectivity index (χ1v) is 13.4. The predicted octanol–water partition coefficient (Wildman–Crippen LogP) is 4.68. The monoisotopic (exact) mass is 607 g/mol. The summed E-state index contributed by atoms with van der Waals surface area (Å²) in [6, 6.07) is 37.6. The van der Waals surface area contributed by atoms with Crippen molar-refractivity contribution in [3.8, 4) is 6.07 Å². The Bertz CT molecular complexity index is 1540. The van der Waals surface area contributed by atoms with E-state index in [9.17, 15) is 19.2 Å². The molecule has 4 aromatic carbocycles. The number of carboxylic acid groups (broad SMARTS) is 1. The Labute approximate surface area is 261 Å². The van der Waals surface area contributed by atoms with Crippen LogP contribution in [0.4, 0.5) is 0 Å². The largest absolute Gasteiger partial charge is 0.478 e. The predicted molar refractivity (Wildman–Crippen MR) is 168 cm³/mol. The highest BCUT2D eigenvalue weighted by Gasteiger charge is 2.09. The van der Waals surface area contributed by atoms with Crippen molar-refractivity contribution in [3.05, 3.63) is 149 Å². The van der Waals surface area contributed by atoms with Gasteiger partial charge in [0.2, 0.25) is 0 Å². The zero-order valence-corrected chi connectivity index (χ0v) is 24.6. The van der Waals surface area contributed by atoms with Gasteiger partial charge in [0.15, 0.2) is 6.61 Å². The molecule has 0 heterocycles. The van der Waals surface area contributed by atoms with Crippen LogP contribution in [0.1, 0.15) is 38.8 Å². The van der Waals surface area contributed by atoms with Gasteiger partial charge in [-0.05, 0) is 35.4 Å². The lowest BCUT2D eigenvalue weighted by atomic mass is 10.2. The van der Waals surface area contributed by atoms with Gasteiger partial charge in [-0.25, -0.2) is 9.59 Å². The minimum Gasteiger partial charge on any atom is -0.478 e. The number of nitrogens with one attached hydrogen (secondary N) is 2. The third-order valence-electron chi connectivity index (χ3n) is 5.18. The summed E-state index contributed by atoms with van der Waals surface area (Å²) < 4.78 is 4.93. The molecule has 0 spiro atoms. The molecular formula is C34H33N5O6. The molecule has 3 N–H and O–H groups in total. The highest BCUT2D eigenvalue weighted by molar-refractivity contribution is 6.23. The molecule has 0 aromatic heterocycles. The van der Waals surface area contributed by atoms with Crippen molar-refractivity contribution >= 4 is 30.0 Å². The van der Waals surface area contributed by atoms with E-state index >= 15 is 0 Å². The molecule has 11 heteroatoms. The third kappa shape index (κ3) is 17.9. The molecule has 0 saturated heterocycles. The maximum atomic E-state index is 11.6. The molecule has 0 aliphatic heterocycles. The lowest BCUT2D eigenvalue weighted by Gasteiger charge is -2.06. The van der Waals surface area contributed by atoms with Crippen LogP contribution < -0.4 is 10.6 Å². The molecule has 230 valence electrons. The Kier molecular flexibility index (Phi) is 18.9. The van der Waals surface area contributed by atoms with E-state index in [2.05, 4.69) is 15.4 Å². The van der Waals surface area contributed by atoms with Crippen LogP contribution in [0, 0.1) is 11.3 Å². The first kappa shape index (κ1) is 36.7. The highest BCUT2D eigenvalue weighted by Crippen LogP contribution is 2.01. The SMILES string of the molecule is CC#N.O=C(COC(=O)c1ccccc1)NCc1ccccc1.O=C(O)c1ccccc1.[N-]=[N+]=CC(=O)NCc1ccccc1. The van der Waals surface area contributed by atoms with Gasteiger partial charge in [0.05, 0.1) is 17.2 Å². The number of ether oxygens (including phenoxy) is 1. The zero-order valence-electron chi connectivity index (χ0n) is 24.6. The summed E-state index contributed by atoms with van der Waals surface area (Å²) in [4.78, 5) is 46.8. The van der Waals surface area contributed by atoms with Gasteiger partial charge in [0.1, 0.15) is 0 Å². The first-order chi connectivity index (χ1) is 21.8. The van der Waals surface area contributed by atoms with Crippen LogP contribution in [0.5, 0.6) is 0 Å². The number of nitrogens with zero attached hydrogens (tertiary/aromatic N) is 3. The van der Waals surface area contributed by atoms with Gasteiger partial charge in [0.25, 0.3) is 5.91 Å². The number of aromatic carboxylic acids is 1. The van der Waals surface area contributed by atoms with Crippen LogP contribution in [0.25, 0.3) is 5.53 Å². The van der Waals surface area contributed by atoms with Crippen molar-refractivity contribution in [1.82, 2.24) is 10.6 Å². The standard InChI is InChI=1S/C16H15NO3.C9H9N3O.C7H6O2.C2H3N/c18-15(17-11-13-7-3-1-4-8-13)12-20-16(19)14-9-5-2-6-10-14;10-12-7-9(13)11-6-8-4-2-1-3-5-8;8-7(9)6-4-2-1-3-5-6;1-2-3/h1-10H,11-12H2,(H,17,18);1-5,7H,6H2,(H,11,13);1-5H,(H,8,9);1H3. The average Bonchev–Trinajstić information content (AvgIpc) is 3.08. The van der Waals surface area contributed by atoms with Crippen molar-refractivity contribution < 1.29 is 33.8 Å². The molecule has 0 atom stereocenters. The molecule has 4 aromatic rings. The second-order valence-electron chi connectivity index (χ2n) is 8.55. The van der Waals surface area contributed by atoms with Crippen molar-refractivity contribution in [1.29, 1.82) is 5.26 Å². The summed E-state index contributed by atoms with van der Waals surface area (Å²) in [5, 5.41) is 20.9. The minimum atomic E-state index is -0.879. The van der Waals surface area contributed by atoms with Crippen LogP contribution in [0.3, 0.4) is 0 Å². The fourth-order valence-corrected chi connectivity index (χ4v) is 3.10. The summed E-state index contributed by atoms with van der Waals surface area (Å²) in [6.07, 6.45) is 0.822. The Morgan fingerprint density at radius 2 is 1.16 bits per heavy atom. The fourth-order valence-electron chi connectivity index (χ4n) is 3.10. The Morgan fingerprint density at radius 1 is 0.756 bits per heavy atom. The number of carboxylic acids is 1. The Morgan fingerprint density at radius 3 is 1.56 bits per heavy atom. The number of rotatable bonds is 9. The molecule has 0 radical (unpaired) electrons. The minimum absolute atomic E-state index is 0.277. The number of esters is 1. The topological polar surface area (TPSA) is 182 Å². The molecule has 0 saturated carbocycles. The van der Waals surface area contributed by atoms with E-state index in [1.165, 1.54) is 6.92 Å². The van der Waals surface area contributed by atoms with Gasteiger partial charge in [-0.3, -0.25) is 9.59 Å². The van der Waals surface area contributed by atoms with Crippen LogP contribution in [0.15, 0.2) is 121 Å². The molecule has 0 aliphatic rings. The van der Waals surface area contributed by atoms with Crippen molar-refractivity contribution in [2.75, 3.05) is 6.61 Å². The number of nitriles is 1. The summed E-state index contributed by atoms with van der Waals surface area (Å²) in [5.74, 6) is -2.11. The maximum Gasteiger partial charge on any atom is 0.344 e. The fraction of sp³-hybridized carbons (Fsp3) is 0.118. The van der Waals surface area contributed by atoms with Gasteiger partial charge < -0.3 is 26.0 Å². The van der Waals surface area contributed by atoms with Gasteiger partial charge in [-0.15, -0.1) is 0 Å².